The number of para-hydroxylation sites is 3. The van der Waals surface area contributed by atoms with Crippen molar-refractivity contribution < 1.29 is 36.3 Å². The molecule has 107 heavy (non-hydrogen) atoms. The number of nitrogens with one attached hydrogen (secondary N) is 6. The molecule has 25 nitrogen and oxygen atoms in total. The summed E-state index contributed by atoms with van der Waals surface area (Å²) >= 11 is 19.0. The summed E-state index contributed by atoms with van der Waals surface area (Å²) in [5, 5.41) is 22.1. The molecule has 3 aliphatic rings. The third kappa shape index (κ3) is 21.6. The molecule has 3 aliphatic heterocycles. The Kier molecular flexibility index (Phi) is 27.2. The number of benzene rings is 6. The van der Waals surface area contributed by atoms with Crippen molar-refractivity contribution in [1.82, 2.24) is 44.6 Å². The molecule has 0 aliphatic carbocycles. The molecule has 570 valence electrons. The van der Waals surface area contributed by atoms with Gasteiger partial charge >= 0.3 is 0 Å². The molecule has 6 heterocycles. The molecule has 1 atom stereocenters. The molecule has 3 saturated heterocycles. The molecule has 3 aromatic heterocycles. The van der Waals surface area contributed by atoms with E-state index >= 15 is 0 Å². The molecular weight excluding hydrogens is 1500 g/mol. The zero-order chi connectivity index (χ0) is 77.0. The highest BCUT2D eigenvalue weighted by Crippen LogP contribution is 2.43. The normalized spacial score (nSPS) is 15.3. The fourth-order valence-corrected chi connectivity index (χ4v) is 17.1. The van der Waals surface area contributed by atoms with Crippen LogP contribution < -0.4 is 71.8 Å². The maximum atomic E-state index is 12.8. The van der Waals surface area contributed by atoms with Gasteiger partial charge in [-0.05, 0) is 159 Å². The summed E-state index contributed by atoms with van der Waals surface area (Å²) in [5.74, 6) is 3.95. The summed E-state index contributed by atoms with van der Waals surface area (Å²) in [5.41, 5.74) is 6.12. The average molecular weight is 1590 g/mol. The third-order valence-corrected chi connectivity index (χ3v) is 25.2. The van der Waals surface area contributed by atoms with Gasteiger partial charge < -0.3 is 79.4 Å². The smallest absolute Gasteiger partial charge is 0.229 e. The van der Waals surface area contributed by atoms with Crippen molar-refractivity contribution in [2.24, 2.45) is 0 Å². The lowest BCUT2D eigenvalue weighted by Gasteiger charge is -2.43. The Labute approximate surface area is 643 Å². The second-order valence-electron chi connectivity index (χ2n) is 27.5. The lowest BCUT2D eigenvalue weighted by molar-refractivity contribution is 0.0878. The number of halogens is 3. The van der Waals surface area contributed by atoms with Crippen molar-refractivity contribution in [1.29, 1.82) is 0 Å². The van der Waals surface area contributed by atoms with Gasteiger partial charge in [-0.25, -0.2) is 23.4 Å². The molecular formula is C75H95Cl3N17O8P3S. The van der Waals surface area contributed by atoms with Crippen molar-refractivity contribution >= 4 is 163 Å². The predicted octanol–water partition coefficient (Wildman–Crippen LogP) is 14.8. The molecule has 6 aromatic carbocycles. The van der Waals surface area contributed by atoms with E-state index in [4.69, 9.17) is 49.0 Å². The van der Waals surface area contributed by atoms with E-state index in [0.29, 0.717) is 85.2 Å². The zero-order valence-electron chi connectivity index (χ0n) is 62.6. The van der Waals surface area contributed by atoms with Crippen LogP contribution in [0.2, 0.25) is 15.1 Å². The standard InChI is InChI=1S/C30H41ClN7O2P.C25H32ClN6O2P.C20H22ClN4O4PS/c1-5-36-16-18-38(19-17-36)22-12-14-37(15-13-22)23-10-11-25(27(20-23)40-2)34-30-32-21-24(31)29(35-30)33-26-8-6-7-9-28(26)41(3,4)39;1-31(2)18-12-13-32(16-18)17-10-11-20(22(14-17)34-3)29-25-27-15-19(26)24(30-25)28-21-8-6-7-9-23(21)35(4,5)33;1-29-17-11-13(30(2,3)26)9-10-15(17)24-20-22-12-14(21)19(25-20)23-16-7-5-6-8-18(16)31(4,27)28/h6-11,20-22H,5,12-19H2,1-4H3,(H2,32,33,34,35);6-11,14-15,18H,12-13,16H2,1-5H3,(H2,27,28,29,30);5-12H,1-4H3,(H2,22,23,24,25)/t;18-;/m.1./s1. The van der Waals surface area contributed by atoms with Crippen LogP contribution in [0.25, 0.3) is 0 Å². The summed E-state index contributed by atoms with van der Waals surface area (Å²) in [4.78, 5) is 38.9. The lowest BCUT2D eigenvalue weighted by atomic mass is 10.0. The Bertz CT molecular complexity index is 4870. The minimum Gasteiger partial charge on any atom is -0.495 e. The van der Waals surface area contributed by atoms with Gasteiger partial charge in [0.2, 0.25) is 17.8 Å². The van der Waals surface area contributed by atoms with Gasteiger partial charge in [-0.2, -0.15) is 15.0 Å². The first-order valence-electron chi connectivity index (χ1n) is 34.9. The Morgan fingerprint density at radius 3 is 1.30 bits per heavy atom. The van der Waals surface area contributed by atoms with E-state index in [0.717, 1.165) is 84.5 Å². The number of piperidine rings is 1. The maximum absolute atomic E-state index is 12.8. The largest absolute Gasteiger partial charge is 0.495 e. The SMILES string of the molecule is CCN1CCN(C2CCN(c3ccc(Nc4ncc(Cl)c(Nc5ccccc5P(C)(C)=O)n4)c(OC)c3)CC2)CC1.COc1cc(N2CC[C@@H](N(C)C)C2)ccc1Nc1ncc(Cl)c(Nc2ccccc2P(C)(C)=O)n1.COc1cc(P(C)(C)=O)ccc1Nc1ncc(Cl)c(Nc2ccccc2S(C)(=O)=O)n1. The number of ether oxygens (including phenoxy) is 3. The summed E-state index contributed by atoms with van der Waals surface area (Å²) < 4.78 is 78.8. The zero-order valence-corrected chi connectivity index (χ0v) is 68.3. The number of hydrogen-bond acceptors (Lipinski definition) is 25. The van der Waals surface area contributed by atoms with Crippen LogP contribution in [0.15, 0.2) is 151 Å². The van der Waals surface area contributed by atoms with Gasteiger partial charge in [0.05, 0.1) is 78.9 Å². The van der Waals surface area contributed by atoms with Gasteiger partial charge in [-0.3, -0.25) is 4.90 Å². The summed E-state index contributed by atoms with van der Waals surface area (Å²) in [6.07, 6.45) is 9.10. The second-order valence-corrected chi connectivity index (χ2v) is 40.3. The van der Waals surface area contributed by atoms with E-state index in [1.54, 1.807) is 96.8 Å². The lowest BCUT2D eigenvalue weighted by Crippen LogP contribution is -2.53. The molecule has 6 N–H and O–H groups in total. The first kappa shape index (κ1) is 81.3. The minimum absolute atomic E-state index is 0.125. The molecule has 3 fully saturated rings. The fourth-order valence-electron chi connectivity index (χ4n) is 12.7. The Morgan fingerprint density at radius 1 is 0.486 bits per heavy atom. The van der Waals surface area contributed by atoms with Crippen LogP contribution in [0.3, 0.4) is 0 Å². The van der Waals surface area contributed by atoms with Crippen LogP contribution in [0.1, 0.15) is 26.2 Å². The highest BCUT2D eigenvalue weighted by atomic mass is 35.5. The van der Waals surface area contributed by atoms with E-state index in [2.05, 4.69) is 126 Å². The number of aromatic nitrogens is 6. The van der Waals surface area contributed by atoms with Gasteiger partial charge in [0, 0.05) is 110 Å². The molecule has 9 aromatic rings. The molecule has 12 rings (SSSR count). The second kappa shape index (κ2) is 35.9. The molecule has 0 unspecified atom stereocenters. The van der Waals surface area contributed by atoms with E-state index in [1.165, 1.54) is 64.6 Å². The molecule has 0 spiro atoms. The van der Waals surface area contributed by atoms with Gasteiger partial charge in [0.15, 0.2) is 27.3 Å². The van der Waals surface area contributed by atoms with E-state index < -0.39 is 31.3 Å². The Balaban J connectivity index is 0.000000173. The first-order chi connectivity index (χ1) is 50.9. The Morgan fingerprint density at radius 2 is 0.888 bits per heavy atom. The number of hydrogen-bond donors (Lipinski definition) is 6. The fraction of sp³-hybridized carbons (Fsp3) is 0.360. The Hall–Kier alpha value is -8.25. The van der Waals surface area contributed by atoms with Gasteiger partial charge in [-0.15, -0.1) is 0 Å². The van der Waals surface area contributed by atoms with Crippen molar-refractivity contribution in [2.75, 3.05) is 182 Å². The van der Waals surface area contributed by atoms with Crippen LogP contribution in [0, 0.1) is 0 Å². The molecule has 32 heteroatoms. The summed E-state index contributed by atoms with van der Waals surface area (Å²) in [7, 11) is -1.82. The minimum atomic E-state index is -3.45. The molecule has 0 amide bonds. The number of rotatable bonds is 24. The number of likely N-dealkylation sites (N-methyl/N-ethyl adjacent to an activating group) is 2. The number of piperazine rings is 1. The van der Waals surface area contributed by atoms with Gasteiger partial charge in [0.25, 0.3) is 0 Å². The molecule has 0 saturated carbocycles. The molecule has 0 bridgehead atoms. The maximum Gasteiger partial charge on any atom is 0.229 e. The van der Waals surface area contributed by atoms with Crippen LogP contribution in [0.4, 0.5) is 80.8 Å². The number of nitrogens with zero attached hydrogens (tertiary/aromatic N) is 11. The highest BCUT2D eigenvalue weighted by molar-refractivity contribution is 7.90. The molecule has 0 radical (unpaired) electrons. The number of sulfone groups is 1. The van der Waals surface area contributed by atoms with Crippen molar-refractivity contribution in [3.63, 3.8) is 0 Å². The quantitative estimate of drug-likeness (QED) is 0.0307. The first-order valence-corrected chi connectivity index (χ1v) is 45.7. The predicted molar refractivity (Wildman–Crippen MR) is 443 cm³/mol. The van der Waals surface area contributed by atoms with E-state index in [-0.39, 0.29) is 21.7 Å². The van der Waals surface area contributed by atoms with Crippen LogP contribution in [0.5, 0.6) is 17.2 Å². The average Bonchev–Trinajstić information content (AvgIpc) is 1.55. The van der Waals surface area contributed by atoms with Crippen LogP contribution >= 0.6 is 56.2 Å². The number of methoxy groups -OCH3 is 3. The van der Waals surface area contributed by atoms with Gasteiger partial charge in [0.1, 0.15) is 53.7 Å². The van der Waals surface area contributed by atoms with Crippen molar-refractivity contribution in [3.05, 3.63) is 161 Å². The summed E-state index contributed by atoms with van der Waals surface area (Å²) in [6.45, 7) is 22.5. The van der Waals surface area contributed by atoms with Crippen molar-refractivity contribution in [2.45, 2.75) is 43.2 Å². The van der Waals surface area contributed by atoms with Crippen molar-refractivity contribution in [3.8, 4) is 17.2 Å². The van der Waals surface area contributed by atoms with E-state index in [1.807, 2.05) is 66.7 Å². The van der Waals surface area contributed by atoms with E-state index in [9.17, 15) is 22.1 Å². The highest BCUT2D eigenvalue weighted by Gasteiger charge is 2.30. The van der Waals surface area contributed by atoms with Crippen LogP contribution in [-0.2, 0) is 23.5 Å². The third-order valence-electron chi connectivity index (χ3n) is 18.6. The monoisotopic (exact) mass is 1590 g/mol. The number of anilines is 14. The van der Waals surface area contributed by atoms with Crippen LogP contribution in [-0.4, -0.2) is 206 Å². The topological polar surface area (TPSA) is 279 Å². The summed E-state index contributed by atoms with van der Waals surface area (Å²) in [6, 6.07) is 40.1. The van der Waals surface area contributed by atoms with Gasteiger partial charge in [-0.1, -0.05) is 78.1 Å².